The quantitative estimate of drug-likeness (QED) is 0.780. The van der Waals surface area contributed by atoms with Gasteiger partial charge in [-0.25, -0.2) is 4.79 Å². The Bertz CT molecular complexity index is 768. The number of carbonyl (C=O) groups excluding carboxylic acids is 1. The maximum absolute atomic E-state index is 12.8. The van der Waals surface area contributed by atoms with Gasteiger partial charge in [-0.3, -0.25) is 9.88 Å². The van der Waals surface area contributed by atoms with Gasteiger partial charge in [0.15, 0.2) is 0 Å². The number of nitrogens with one attached hydrogen (secondary N) is 1. The molecule has 2 aromatic rings. The van der Waals surface area contributed by atoms with E-state index in [9.17, 15) is 4.79 Å². The highest BCUT2D eigenvalue weighted by Crippen LogP contribution is 2.18. The van der Waals surface area contributed by atoms with Crippen molar-refractivity contribution in [2.24, 2.45) is 0 Å². The van der Waals surface area contributed by atoms with Crippen LogP contribution in [0.5, 0.6) is 0 Å². The molecule has 1 aromatic carbocycles. The Hall–Kier alpha value is -2.40. The van der Waals surface area contributed by atoms with Crippen LogP contribution in [-0.4, -0.2) is 41.0 Å². The van der Waals surface area contributed by atoms with Crippen LogP contribution in [0.1, 0.15) is 54.6 Å². The number of rotatable bonds is 7. The Balaban J connectivity index is 1.62. The van der Waals surface area contributed by atoms with Gasteiger partial charge in [0.1, 0.15) is 0 Å². The lowest BCUT2D eigenvalue weighted by molar-refractivity contribution is 0.201. The van der Waals surface area contributed by atoms with Crippen LogP contribution in [0.25, 0.3) is 0 Å². The molecule has 0 aliphatic carbocycles. The molecule has 1 saturated heterocycles. The van der Waals surface area contributed by atoms with Crippen molar-refractivity contribution in [2.45, 2.75) is 52.2 Å². The smallest absolute Gasteiger partial charge is 0.317 e. The zero-order valence-electron chi connectivity index (χ0n) is 17.3. The molecule has 2 amide bonds. The zero-order chi connectivity index (χ0) is 19.9. The Kier molecular flexibility index (Phi) is 7.04. The van der Waals surface area contributed by atoms with Crippen molar-refractivity contribution in [3.8, 4) is 0 Å². The van der Waals surface area contributed by atoms with Gasteiger partial charge in [-0.15, -0.1) is 0 Å². The summed E-state index contributed by atoms with van der Waals surface area (Å²) in [6.45, 7) is 8.00. The first-order valence-electron chi connectivity index (χ1n) is 10.3. The molecule has 1 N–H and O–H groups in total. The third-order valence-corrected chi connectivity index (χ3v) is 5.46. The van der Waals surface area contributed by atoms with E-state index in [2.05, 4.69) is 46.4 Å². The minimum Gasteiger partial charge on any atom is -0.330 e. The number of aromatic nitrogens is 1. The summed E-state index contributed by atoms with van der Waals surface area (Å²) in [4.78, 5) is 21.5. The molecule has 0 bridgehead atoms. The van der Waals surface area contributed by atoms with Crippen LogP contribution >= 0.6 is 0 Å². The molecule has 1 aliphatic heterocycles. The molecule has 3 rings (SSSR count). The summed E-state index contributed by atoms with van der Waals surface area (Å²) in [5.41, 5.74) is 4.56. The summed E-state index contributed by atoms with van der Waals surface area (Å²) in [5, 5.41) is 3.13. The first kappa shape index (κ1) is 20.3. The molecule has 1 aliphatic rings. The maximum atomic E-state index is 12.8. The highest BCUT2D eigenvalue weighted by molar-refractivity contribution is 5.74. The van der Waals surface area contributed by atoms with E-state index in [1.165, 1.54) is 37.1 Å². The van der Waals surface area contributed by atoms with E-state index in [-0.39, 0.29) is 12.1 Å². The third-order valence-electron chi connectivity index (χ3n) is 5.46. The fourth-order valence-electron chi connectivity index (χ4n) is 3.70. The van der Waals surface area contributed by atoms with E-state index in [0.29, 0.717) is 6.54 Å². The number of nitrogens with zero attached hydrogens (tertiary/aromatic N) is 3. The number of aryl methyl sites for hydroxylation is 1. The van der Waals surface area contributed by atoms with E-state index < -0.39 is 0 Å². The summed E-state index contributed by atoms with van der Waals surface area (Å²) in [7, 11) is 1.86. The molecule has 2 heterocycles. The molecular formula is C23H32N4O. The van der Waals surface area contributed by atoms with E-state index >= 15 is 0 Å². The van der Waals surface area contributed by atoms with Crippen LogP contribution in [0.3, 0.4) is 0 Å². The topological polar surface area (TPSA) is 48.5 Å². The molecule has 1 aromatic heterocycles. The fourth-order valence-corrected chi connectivity index (χ4v) is 3.70. The van der Waals surface area contributed by atoms with E-state index in [4.69, 9.17) is 0 Å². The van der Waals surface area contributed by atoms with E-state index in [0.717, 1.165) is 24.2 Å². The van der Waals surface area contributed by atoms with Crippen LogP contribution < -0.4 is 5.32 Å². The molecule has 0 spiro atoms. The van der Waals surface area contributed by atoms with E-state index in [1.54, 1.807) is 4.90 Å². The van der Waals surface area contributed by atoms with Gasteiger partial charge in [-0.05, 0) is 62.0 Å². The number of hydrogen-bond acceptors (Lipinski definition) is 3. The summed E-state index contributed by atoms with van der Waals surface area (Å²) in [6.07, 6.45) is 5.23. The summed E-state index contributed by atoms with van der Waals surface area (Å²) >= 11 is 0. The highest BCUT2D eigenvalue weighted by Gasteiger charge is 2.19. The van der Waals surface area contributed by atoms with Gasteiger partial charge in [-0.1, -0.05) is 37.3 Å². The second kappa shape index (κ2) is 9.69. The molecule has 5 heteroatoms. The average Bonchev–Trinajstić information content (AvgIpc) is 3.21. The molecule has 0 radical (unpaired) electrons. The number of amides is 2. The van der Waals surface area contributed by atoms with Crippen LogP contribution in [0.2, 0.25) is 0 Å². The molecule has 5 nitrogen and oxygen atoms in total. The van der Waals surface area contributed by atoms with Crippen LogP contribution in [-0.2, 0) is 13.1 Å². The number of benzene rings is 1. The number of urea groups is 1. The van der Waals surface area contributed by atoms with Gasteiger partial charge in [0, 0.05) is 26.3 Å². The number of likely N-dealkylation sites (tertiary alicyclic amines) is 1. The van der Waals surface area contributed by atoms with Crippen molar-refractivity contribution in [1.29, 1.82) is 0 Å². The molecule has 0 saturated carbocycles. The Morgan fingerprint density at radius 3 is 2.54 bits per heavy atom. The summed E-state index contributed by atoms with van der Waals surface area (Å²) in [6, 6.07) is 12.4. The minimum absolute atomic E-state index is 0.0646. The van der Waals surface area contributed by atoms with Crippen LogP contribution in [0.15, 0.2) is 42.6 Å². The van der Waals surface area contributed by atoms with Gasteiger partial charge < -0.3 is 10.2 Å². The van der Waals surface area contributed by atoms with Gasteiger partial charge >= 0.3 is 6.03 Å². The molecular weight excluding hydrogens is 348 g/mol. The molecule has 28 heavy (non-hydrogen) atoms. The molecule has 150 valence electrons. The lowest BCUT2D eigenvalue weighted by Gasteiger charge is -2.24. The van der Waals surface area contributed by atoms with Crippen molar-refractivity contribution in [3.63, 3.8) is 0 Å². The standard InChI is InChI=1S/C23H32N4O/c1-4-21(22-12-11-18(2)15-24-22)25-23(28)26(3)16-19-9-5-6-10-20(19)17-27-13-7-8-14-27/h5-6,9-12,15,21H,4,7-8,13-14,16-17H2,1-3H3,(H,25,28)/t21-/m0/s1. The van der Waals surface area contributed by atoms with Gasteiger partial charge in [0.25, 0.3) is 0 Å². The second-order valence-electron chi connectivity index (χ2n) is 7.78. The number of carbonyl (C=O) groups is 1. The monoisotopic (exact) mass is 380 g/mol. The van der Waals surface area contributed by atoms with Gasteiger partial charge in [0.05, 0.1) is 11.7 Å². The van der Waals surface area contributed by atoms with Crippen molar-refractivity contribution >= 4 is 6.03 Å². The van der Waals surface area contributed by atoms with Crippen LogP contribution in [0, 0.1) is 6.92 Å². The average molecular weight is 381 g/mol. The Labute approximate surface area is 168 Å². The normalized spacial score (nSPS) is 15.4. The SMILES string of the molecule is CC[C@H](NC(=O)N(C)Cc1ccccc1CN1CCCC1)c1ccc(C)cn1. The molecule has 0 unspecified atom stereocenters. The molecule has 1 atom stereocenters. The van der Waals surface area contributed by atoms with E-state index in [1.807, 2.05) is 32.3 Å². The first-order chi connectivity index (χ1) is 13.6. The Morgan fingerprint density at radius 1 is 1.18 bits per heavy atom. The first-order valence-corrected chi connectivity index (χ1v) is 10.3. The zero-order valence-corrected chi connectivity index (χ0v) is 17.3. The van der Waals surface area contributed by atoms with Crippen molar-refractivity contribution in [1.82, 2.24) is 20.1 Å². The highest BCUT2D eigenvalue weighted by atomic mass is 16.2. The maximum Gasteiger partial charge on any atom is 0.317 e. The Morgan fingerprint density at radius 2 is 1.89 bits per heavy atom. The van der Waals surface area contributed by atoms with Crippen molar-refractivity contribution in [3.05, 3.63) is 65.0 Å². The minimum atomic E-state index is -0.0737. The lowest BCUT2D eigenvalue weighted by atomic mass is 10.1. The van der Waals surface area contributed by atoms with Crippen LogP contribution in [0.4, 0.5) is 4.79 Å². The van der Waals surface area contributed by atoms with Gasteiger partial charge in [0.2, 0.25) is 0 Å². The lowest BCUT2D eigenvalue weighted by Crippen LogP contribution is -2.39. The summed E-state index contributed by atoms with van der Waals surface area (Å²) < 4.78 is 0. The molecule has 1 fully saturated rings. The van der Waals surface area contributed by atoms with Crippen molar-refractivity contribution in [2.75, 3.05) is 20.1 Å². The number of pyridine rings is 1. The van der Waals surface area contributed by atoms with Crippen molar-refractivity contribution < 1.29 is 4.79 Å². The fraction of sp³-hybridized carbons (Fsp3) is 0.478. The third kappa shape index (κ3) is 5.32. The second-order valence-corrected chi connectivity index (χ2v) is 7.78. The predicted molar refractivity (Wildman–Crippen MR) is 113 cm³/mol. The predicted octanol–water partition coefficient (Wildman–Crippen LogP) is 4.28. The summed E-state index contributed by atoms with van der Waals surface area (Å²) in [5.74, 6) is 0. The van der Waals surface area contributed by atoms with Gasteiger partial charge in [-0.2, -0.15) is 0 Å². The number of hydrogen-bond donors (Lipinski definition) is 1. The largest absolute Gasteiger partial charge is 0.330 e.